The van der Waals surface area contributed by atoms with E-state index >= 15 is 0 Å². The van der Waals surface area contributed by atoms with Gasteiger partial charge in [0.1, 0.15) is 26.6 Å². The molecule has 5 rings (SSSR count). The molecule has 174 valence electrons. The van der Waals surface area contributed by atoms with E-state index in [0.29, 0.717) is 38.9 Å². The maximum atomic E-state index is 11.2. The van der Waals surface area contributed by atoms with Gasteiger partial charge < -0.3 is 9.47 Å². The number of aryl methyl sites for hydroxylation is 2. The summed E-state index contributed by atoms with van der Waals surface area (Å²) in [5.41, 5.74) is 1.03. The first-order valence-corrected chi connectivity index (χ1v) is 13.1. The number of carbonyl (C=O) groups excluding carboxylic acids is 1. The summed E-state index contributed by atoms with van der Waals surface area (Å²) < 4.78 is 11.4. The SMILES string of the molecule is Cc1csc(C2(C#N)CCC(=O)CC2)n1.Cc1csc(C2(C#N)CCC3(CC2)OCCO3)n1. The van der Waals surface area contributed by atoms with Crippen molar-refractivity contribution < 1.29 is 14.3 Å². The fraction of sp³-hybridized carbons (Fsp3) is 0.625. The number of thiazole rings is 2. The molecular weight excluding hydrogens is 456 g/mol. The Morgan fingerprint density at radius 2 is 1.27 bits per heavy atom. The molecule has 1 saturated heterocycles. The van der Waals surface area contributed by atoms with Crippen LogP contribution in [0.25, 0.3) is 0 Å². The molecule has 0 N–H and O–H groups in total. The highest BCUT2D eigenvalue weighted by Gasteiger charge is 2.48. The van der Waals surface area contributed by atoms with Crippen molar-refractivity contribution >= 4 is 28.5 Å². The van der Waals surface area contributed by atoms with E-state index in [2.05, 4.69) is 22.1 Å². The molecule has 1 spiro atoms. The Labute approximate surface area is 202 Å². The van der Waals surface area contributed by atoms with E-state index in [9.17, 15) is 15.3 Å². The molecule has 2 aliphatic carbocycles. The van der Waals surface area contributed by atoms with Gasteiger partial charge in [-0.05, 0) is 39.5 Å². The van der Waals surface area contributed by atoms with Crippen LogP contribution in [0.3, 0.4) is 0 Å². The van der Waals surface area contributed by atoms with E-state index in [1.807, 2.05) is 24.6 Å². The molecule has 3 heterocycles. The van der Waals surface area contributed by atoms with Crippen molar-refractivity contribution in [1.29, 1.82) is 10.5 Å². The van der Waals surface area contributed by atoms with Gasteiger partial charge in [-0.25, -0.2) is 9.97 Å². The van der Waals surface area contributed by atoms with Crippen LogP contribution < -0.4 is 0 Å². The van der Waals surface area contributed by atoms with E-state index in [-0.39, 0.29) is 5.78 Å². The minimum absolute atomic E-state index is 0.272. The quantitative estimate of drug-likeness (QED) is 0.597. The molecule has 2 aromatic heterocycles. The molecule has 2 aromatic rings. The van der Waals surface area contributed by atoms with E-state index in [1.165, 1.54) is 11.3 Å². The molecule has 0 aromatic carbocycles. The zero-order chi connectivity index (χ0) is 23.5. The first-order chi connectivity index (χ1) is 15.8. The van der Waals surface area contributed by atoms with Crippen LogP contribution in [0.5, 0.6) is 0 Å². The zero-order valence-corrected chi connectivity index (χ0v) is 20.7. The molecule has 3 fully saturated rings. The second-order valence-corrected chi connectivity index (χ2v) is 10.8. The third-order valence-electron chi connectivity index (χ3n) is 6.82. The molecule has 9 heteroatoms. The van der Waals surface area contributed by atoms with Crippen LogP contribution >= 0.6 is 22.7 Å². The van der Waals surface area contributed by atoms with Gasteiger partial charge in [-0.3, -0.25) is 4.79 Å². The Kier molecular flexibility index (Phi) is 6.97. The normalized spacial score (nSPS) is 22.7. The zero-order valence-electron chi connectivity index (χ0n) is 19.1. The van der Waals surface area contributed by atoms with Crippen molar-refractivity contribution in [2.45, 2.75) is 81.8 Å². The molecule has 33 heavy (non-hydrogen) atoms. The molecule has 1 aliphatic heterocycles. The van der Waals surface area contributed by atoms with Gasteiger partial charge in [0.15, 0.2) is 5.79 Å². The van der Waals surface area contributed by atoms with Gasteiger partial charge in [-0.2, -0.15) is 10.5 Å². The fourth-order valence-electron chi connectivity index (χ4n) is 4.69. The summed E-state index contributed by atoms with van der Waals surface area (Å²) in [6.45, 7) is 5.25. The molecule has 7 nitrogen and oxygen atoms in total. The Morgan fingerprint density at radius 3 is 1.67 bits per heavy atom. The van der Waals surface area contributed by atoms with Gasteiger partial charge in [0.05, 0.1) is 25.4 Å². The van der Waals surface area contributed by atoms with E-state index in [1.54, 1.807) is 11.3 Å². The number of ketones is 1. The van der Waals surface area contributed by atoms with Crippen LogP contribution in [-0.2, 0) is 25.1 Å². The lowest BCUT2D eigenvalue weighted by atomic mass is 9.73. The van der Waals surface area contributed by atoms with Crippen molar-refractivity contribution in [3.63, 3.8) is 0 Å². The summed E-state index contributed by atoms with van der Waals surface area (Å²) in [6.07, 6.45) is 5.44. The van der Waals surface area contributed by atoms with Crippen molar-refractivity contribution in [1.82, 2.24) is 9.97 Å². The van der Waals surface area contributed by atoms with Crippen molar-refractivity contribution in [3.8, 4) is 12.1 Å². The van der Waals surface area contributed by atoms with Crippen molar-refractivity contribution in [3.05, 3.63) is 32.2 Å². The van der Waals surface area contributed by atoms with Gasteiger partial charge >= 0.3 is 0 Å². The van der Waals surface area contributed by atoms with Crippen LogP contribution in [-0.4, -0.2) is 34.8 Å². The summed E-state index contributed by atoms with van der Waals surface area (Å²) in [4.78, 5) is 20.1. The third kappa shape index (κ3) is 4.88. The van der Waals surface area contributed by atoms with E-state index in [4.69, 9.17) is 9.47 Å². The molecule has 2 saturated carbocycles. The van der Waals surface area contributed by atoms with E-state index in [0.717, 1.165) is 47.1 Å². The largest absolute Gasteiger partial charge is 0.348 e. The number of nitriles is 2. The number of hydrogen-bond acceptors (Lipinski definition) is 9. The lowest BCUT2D eigenvalue weighted by Gasteiger charge is -2.38. The number of rotatable bonds is 2. The van der Waals surface area contributed by atoms with Crippen molar-refractivity contribution in [2.24, 2.45) is 0 Å². The monoisotopic (exact) mass is 484 g/mol. The predicted molar refractivity (Wildman–Crippen MR) is 125 cm³/mol. The highest BCUT2D eigenvalue weighted by atomic mass is 32.1. The first-order valence-electron chi connectivity index (χ1n) is 11.3. The minimum atomic E-state index is -0.493. The van der Waals surface area contributed by atoms with Gasteiger partial charge in [-0.1, -0.05) is 0 Å². The molecule has 0 unspecified atom stereocenters. The highest BCUT2D eigenvalue weighted by molar-refractivity contribution is 7.10. The van der Waals surface area contributed by atoms with Crippen LogP contribution in [0.1, 0.15) is 72.8 Å². The maximum Gasteiger partial charge on any atom is 0.168 e. The Bertz CT molecular complexity index is 1070. The number of Topliss-reactive ketones (excluding diaryl/α,β-unsaturated/α-hetero) is 1. The first kappa shape index (κ1) is 24.0. The highest BCUT2D eigenvalue weighted by Crippen LogP contribution is 2.46. The van der Waals surface area contributed by atoms with Crippen LogP contribution in [0.15, 0.2) is 10.8 Å². The Balaban J connectivity index is 0.000000160. The summed E-state index contributed by atoms with van der Waals surface area (Å²) in [5, 5.41) is 24.7. The topological polar surface area (TPSA) is 109 Å². The summed E-state index contributed by atoms with van der Waals surface area (Å²) >= 11 is 3.13. The van der Waals surface area contributed by atoms with Gasteiger partial charge in [0, 0.05) is 47.8 Å². The lowest BCUT2D eigenvalue weighted by molar-refractivity contribution is -0.182. The molecule has 0 atom stereocenters. The number of ether oxygens (including phenoxy) is 2. The summed E-state index contributed by atoms with van der Waals surface area (Å²) in [5.74, 6) is -0.138. The second-order valence-electron chi connectivity index (χ2n) is 9.12. The molecular formula is C24H28N4O3S2. The summed E-state index contributed by atoms with van der Waals surface area (Å²) in [7, 11) is 0. The Morgan fingerprint density at radius 1 is 0.818 bits per heavy atom. The molecule has 3 aliphatic rings. The minimum Gasteiger partial charge on any atom is -0.348 e. The predicted octanol–water partition coefficient (Wildman–Crippen LogP) is 4.89. The Hall–Kier alpha value is -2.17. The molecule has 0 bridgehead atoms. The number of aromatic nitrogens is 2. The van der Waals surface area contributed by atoms with Gasteiger partial charge in [-0.15, -0.1) is 22.7 Å². The van der Waals surface area contributed by atoms with E-state index < -0.39 is 16.6 Å². The molecule has 0 radical (unpaired) electrons. The van der Waals surface area contributed by atoms with Crippen LogP contribution in [0.4, 0.5) is 0 Å². The molecule has 0 amide bonds. The number of carbonyl (C=O) groups is 1. The van der Waals surface area contributed by atoms with Crippen LogP contribution in [0, 0.1) is 36.5 Å². The standard InChI is InChI=1S/C13H16N2O2S.C11H12N2OS/c1-10-8-18-11(15-10)12(9-14)2-4-13(5-3-12)16-6-7-17-13;1-8-6-15-10(13-8)11(7-12)4-2-9(14)3-5-11/h8H,2-7H2,1H3;6H,2-5H2,1H3. The fourth-order valence-corrected chi connectivity index (χ4v) is 6.71. The maximum absolute atomic E-state index is 11.2. The lowest BCUT2D eigenvalue weighted by Crippen LogP contribution is -2.41. The average molecular weight is 485 g/mol. The number of hydrogen-bond donors (Lipinski definition) is 0. The third-order valence-corrected chi connectivity index (χ3v) is 9.15. The van der Waals surface area contributed by atoms with Crippen molar-refractivity contribution in [2.75, 3.05) is 13.2 Å². The van der Waals surface area contributed by atoms with Gasteiger partial charge in [0.25, 0.3) is 0 Å². The summed E-state index contributed by atoms with van der Waals surface area (Å²) in [6, 6.07) is 4.85. The number of nitrogens with zero attached hydrogens (tertiary/aromatic N) is 4. The second kappa shape index (κ2) is 9.60. The smallest absolute Gasteiger partial charge is 0.168 e. The van der Waals surface area contributed by atoms with Crippen LogP contribution in [0.2, 0.25) is 0 Å². The average Bonchev–Trinajstić information content (AvgIpc) is 3.59. The van der Waals surface area contributed by atoms with Gasteiger partial charge in [0.2, 0.25) is 0 Å².